The van der Waals surface area contributed by atoms with E-state index in [4.69, 9.17) is 23.4 Å². The molecule has 1 rings (SSSR count). The first kappa shape index (κ1) is 66.0. The van der Waals surface area contributed by atoms with Crippen molar-refractivity contribution in [3.8, 4) is 0 Å². The van der Waals surface area contributed by atoms with Gasteiger partial charge in [-0.05, 0) is 64.2 Å². The van der Waals surface area contributed by atoms with Crippen LogP contribution in [0.2, 0.25) is 0 Å². The zero-order valence-corrected chi connectivity index (χ0v) is 39.2. The molecule has 1 saturated heterocycles. The summed E-state index contributed by atoms with van der Waals surface area (Å²) in [5, 5.41) is 9.40. The Bertz CT molecular complexity index is 954. The van der Waals surface area contributed by atoms with Crippen LogP contribution in [0.15, 0.2) is 25.3 Å². The van der Waals surface area contributed by atoms with Crippen LogP contribution in [0, 0.1) is 16.7 Å². The summed E-state index contributed by atoms with van der Waals surface area (Å²) in [7, 11) is -3.76. The Balaban J connectivity index is -0.000000301. The van der Waals surface area contributed by atoms with E-state index < -0.39 is 13.4 Å². The number of aldehydes is 1. The molecule has 332 valence electrons. The third-order valence-electron chi connectivity index (χ3n) is 7.37. The number of hydrogen-bond donors (Lipinski definition) is 1. The van der Waals surface area contributed by atoms with Crippen LogP contribution in [-0.2, 0) is 37.3 Å². The minimum Gasteiger partial charge on any atom is -0.382 e. The third-order valence-corrected chi connectivity index (χ3v) is 11.6. The monoisotopic (exact) mass is 849 g/mol. The lowest BCUT2D eigenvalue weighted by atomic mass is 9.99. The third kappa shape index (κ3) is 36.0. The van der Waals surface area contributed by atoms with E-state index in [2.05, 4.69) is 40.0 Å². The number of halogens is 1. The lowest BCUT2D eigenvalue weighted by Crippen LogP contribution is -2.27. The van der Waals surface area contributed by atoms with E-state index in [1.54, 1.807) is 13.8 Å². The van der Waals surface area contributed by atoms with Crippen LogP contribution in [0.5, 0.6) is 0 Å². The lowest BCUT2D eigenvalue weighted by molar-refractivity contribution is -0.124. The molecule has 0 aromatic heterocycles. The molecule has 1 aliphatic heterocycles. The molecule has 9 nitrogen and oxygen atoms in total. The zero-order valence-electron chi connectivity index (χ0n) is 36.7. The molecular formula is C42H86FO9PS2. The molecule has 0 aromatic rings. The SMILES string of the molecule is C.C/C=C\CC1O[C@H](COP(=O)(OCCCCSC(=O)C(C)(C)C)OCCCCSC(=O)C(C)(C)C)C[C@@H]1C.C=C.CC.CCC.CCC(O)(C=O)CC.F. The second kappa shape index (κ2) is 38.7. The summed E-state index contributed by atoms with van der Waals surface area (Å²) in [6.45, 7) is 34.1. The van der Waals surface area contributed by atoms with Gasteiger partial charge in [-0.3, -0.25) is 27.9 Å². The molecule has 55 heavy (non-hydrogen) atoms. The number of phosphoric ester groups is 1. The van der Waals surface area contributed by atoms with Crippen molar-refractivity contribution in [1.82, 2.24) is 0 Å². The van der Waals surface area contributed by atoms with E-state index >= 15 is 0 Å². The Morgan fingerprint density at radius 2 is 1.25 bits per heavy atom. The van der Waals surface area contributed by atoms with Gasteiger partial charge < -0.3 is 14.6 Å². The minimum atomic E-state index is -3.76. The van der Waals surface area contributed by atoms with Crippen LogP contribution in [0.3, 0.4) is 0 Å². The van der Waals surface area contributed by atoms with E-state index in [0.29, 0.717) is 49.4 Å². The number of hydrogen-bond acceptors (Lipinski definition) is 11. The van der Waals surface area contributed by atoms with Gasteiger partial charge in [0.25, 0.3) is 0 Å². The molecule has 0 amide bonds. The highest BCUT2D eigenvalue weighted by Crippen LogP contribution is 2.50. The highest BCUT2D eigenvalue weighted by Gasteiger charge is 2.35. The quantitative estimate of drug-likeness (QED) is 0.0544. The lowest BCUT2D eigenvalue weighted by Gasteiger charge is -2.20. The summed E-state index contributed by atoms with van der Waals surface area (Å²) in [6.07, 6.45) is 11.5. The number of unbranched alkanes of at least 4 members (excludes halogenated alkanes) is 2. The number of carbonyl (C=O) groups excluding carboxylic acids is 3. The molecule has 1 aliphatic rings. The maximum atomic E-state index is 13.4. The second-order valence-electron chi connectivity index (χ2n) is 14.5. The Morgan fingerprint density at radius 1 is 0.855 bits per heavy atom. The van der Waals surface area contributed by atoms with Crippen molar-refractivity contribution in [3.63, 3.8) is 0 Å². The van der Waals surface area contributed by atoms with E-state index in [9.17, 15) is 18.9 Å². The number of phosphoric acid groups is 1. The highest BCUT2D eigenvalue weighted by atomic mass is 32.2. The van der Waals surface area contributed by atoms with E-state index in [0.717, 1.165) is 25.7 Å². The largest absolute Gasteiger partial charge is 0.474 e. The van der Waals surface area contributed by atoms with Gasteiger partial charge in [-0.15, -0.1) is 13.2 Å². The Labute approximate surface area is 347 Å². The number of aliphatic hydroxyl groups is 1. The summed E-state index contributed by atoms with van der Waals surface area (Å²) in [5.74, 6) is 1.78. The molecule has 0 radical (unpaired) electrons. The van der Waals surface area contributed by atoms with Crippen LogP contribution in [0.1, 0.15) is 162 Å². The van der Waals surface area contributed by atoms with Crippen molar-refractivity contribution < 1.29 is 47.1 Å². The van der Waals surface area contributed by atoms with Gasteiger partial charge in [0.2, 0.25) is 0 Å². The van der Waals surface area contributed by atoms with Gasteiger partial charge in [0.05, 0.1) is 32.0 Å². The predicted octanol–water partition coefficient (Wildman–Crippen LogP) is 12.8. The molecule has 1 fully saturated rings. The van der Waals surface area contributed by atoms with Crippen LogP contribution in [0.25, 0.3) is 0 Å². The number of allylic oxidation sites excluding steroid dienone is 1. The summed E-state index contributed by atoms with van der Waals surface area (Å²) >= 11 is 2.65. The van der Waals surface area contributed by atoms with Crippen molar-refractivity contribution in [2.75, 3.05) is 31.3 Å². The van der Waals surface area contributed by atoms with Gasteiger partial charge in [-0.25, -0.2) is 4.57 Å². The fourth-order valence-electron chi connectivity index (χ4n) is 3.90. The van der Waals surface area contributed by atoms with E-state index in [-0.39, 0.29) is 65.2 Å². The van der Waals surface area contributed by atoms with Gasteiger partial charge in [0, 0.05) is 22.3 Å². The Kier molecular flexibility index (Phi) is 46.4. The molecule has 1 N–H and O–H groups in total. The standard InChI is InChI=1S/C28H51O7PS2.C6H12O2.C3H8.C2H6.C2H4.CH4.FH/c1-9-10-15-24-22(2)20-23(35-24)21-34-36(31,32-16-11-13-18-37-25(29)27(3,4)5)33-17-12-14-19-38-26(30)28(6,7)8;1-3-6(8,4-2)5-7;1-3-2;2*1-2;;/h9-10,22-24H,11-21H2,1-8H3;5,8H,3-4H2,1-2H3;3H2,1-2H3;1-2H3;1-2H2;1H4;1H/b10-9-;;;;;;/t22-,23-,24?;;;;;;/m0....../s1. The maximum Gasteiger partial charge on any atom is 0.474 e. The maximum absolute atomic E-state index is 13.4. The molecule has 1 heterocycles. The molecular weight excluding hydrogens is 763 g/mol. The van der Waals surface area contributed by atoms with Crippen LogP contribution < -0.4 is 0 Å². The molecule has 0 aliphatic carbocycles. The van der Waals surface area contributed by atoms with Crippen LogP contribution in [-0.4, -0.2) is 70.8 Å². The smallest absolute Gasteiger partial charge is 0.382 e. The first-order chi connectivity index (χ1) is 24.8. The average Bonchev–Trinajstić information content (AvgIpc) is 3.49. The molecule has 0 bridgehead atoms. The van der Waals surface area contributed by atoms with E-state index in [1.807, 2.05) is 68.4 Å². The zero-order chi connectivity index (χ0) is 42.2. The van der Waals surface area contributed by atoms with Crippen molar-refractivity contribution >= 4 is 47.9 Å². The number of thioether (sulfide) groups is 2. The van der Waals surface area contributed by atoms with E-state index in [1.165, 1.54) is 29.9 Å². The fraction of sp³-hybridized carbons (Fsp3) is 0.833. The number of ether oxygens (including phenoxy) is 1. The topological polar surface area (TPSA) is 125 Å². The first-order valence-corrected chi connectivity index (χ1v) is 23.0. The fourth-order valence-corrected chi connectivity index (χ4v) is 7.11. The Morgan fingerprint density at radius 3 is 1.56 bits per heavy atom. The van der Waals surface area contributed by atoms with Gasteiger partial charge in [0.1, 0.15) is 5.60 Å². The van der Waals surface area contributed by atoms with Gasteiger partial charge >= 0.3 is 7.82 Å². The highest BCUT2D eigenvalue weighted by molar-refractivity contribution is 8.14. The van der Waals surface area contributed by atoms with Gasteiger partial charge in [-0.1, -0.05) is 140 Å². The molecule has 0 saturated carbocycles. The molecule has 1 unspecified atom stereocenters. The number of rotatable bonds is 20. The van der Waals surface area contributed by atoms with Crippen LogP contribution in [0.4, 0.5) is 4.70 Å². The molecule has 13 heteroatoms. The summed E-state index contributed by atoms with van der Waals surface area (Å²) < 4.78 is 36.6. The average molecular weight is 849 g/mol. The van der Waals surface area contributed by atoms with Crippen molar-refractivity contribution in [2.45, 2.75) is 180 Å². The molecule has 0 spiro atoms. The van der Waals surface area contributed by atoms with Crippen molar-refractivity contribution in [1.29, 1.82) is 0 Å². The number of carbonyl (C=O) groups is 3. The second-order valence-corrected chi connectivity index (χ2v) is 18.3. The molecule has 0 aromatic carbocycles. The summed E-state index contributed by atoms with van der Waals surface area (Å²) in [4.78, 5) is 34.2. The Hall–Kier alpha value is -0.850. The van der Waals surface area contributed by atoms with Gasteiger partial charge in [0.15, 0.2) is 16.5 Å². The van der Waals surface area contributed by atoms with Crippen molar-refractivity contribution in [2.24, 2.45) is 16.7 Å². The van der Waals surface area contributed by atoms with Gasteiger partial charge in [-0.2, -0.15) is 0 Å². The summed E-state index contributed by atoms with van der Waals surface area (Å²) in [6, 6.07) is 0. The minimum absolute atomic E-state index is 0. The summed E-state index contributed by atoms with van der Waals surface area (Å²) in [5.41, 5.74) is -1.77. The predicted molar refractivity (Wildman–Crippen MR) is 239 cm³/mol. The van der Waals surface area contributed by atoms with Crippen molar-refractivity contribution in [3.05, 3.63) is 25.3 Å². The first-order valence-electron chi connectivity index (χ1n) is 19.6. The van der Waals surface area contributed by atoms with Crippen LogP contribution >= 0.6 is 31.3 Å². The molecule has 3 atom stereocenters. The normalized spacial score (nSPS) is 16.6.